The van der Waals surface area contributed by atoms with E-state index in [0.717, 1.165) is 67.0 Å². The van der Waals surface area contributed by atoms with Crippen LogP contribution in [0, 0.1) is 5.92 Å². The van der Waals surface area contributed by atoms with Crippen molar-refractivity contribution in [2.75, 3.05) is 18.0 Å². The molecule has 5 rings (SSSR count). The Morgan fingerprint density at radius 2 is 1.69 bits per heavy atom. The van der Waals surface area contributed by atoms with E-state index in [4.69, 9.17) is 5.11 Å². The summed E-state index contributed by atoms with van der Waals surface area (Å²) in [4.78, 5) is 25.1. The topological polar surface area (TPSA) is 82.1 Å². The maximum Gasteiger partial charge on any atom is 0.416 e. The van der Waals surface area contributed by atoms with Crippen molar-refractivity contribution in [2.24, 2.45) is 5.92 Å². The van der Waals surface area contributed by atoms with Crippen molar-refractivity contribution in [2.45, 2.75) is 31.9 Å². The van der Waals surface area contributed by atoms with Gasteiger partial charge in [-0.05, 0) is 61.1 Å². The van der Waals surface area contributed by atoms with Crippen molar-refractivity contribution in [1.29, 1.82) is 0 Å². The number of aromatic nitrogens is 3. The number of carboxylic acids is 1. The van der Waals surface area contributed by atoms with E-state index in [1.807, 2.05) is 42.6 Å². The van der Waals surface area contributed by atoms with Gasteiger partial charge in [0.15, 0.2) is 0 Å². The molecule has 2 N–H and O–H groups in total. The Morgan fingerprint density at radius 3 is 2.33 bits per heavy atom. The molecule has 2 aromatic heterocycles. The summed E-state index contributed by atoms with van der Waals surface area (Å²) < 4.78 is 39.0. The number of aliphatic carboxylic acids is 1. The number of H-pyrrole nitrogens is 1. The van der Waals surface area contributed by atoms with Crippen molar-refractivity contribution in [3.8, 4) is 22.5 Å². The third-order valence-electron chi connectivity index (χ3n) is 6.75. The van der Waals surface area contributed by atoms with Crippen LogP contribution < -0.4 is 4.90 Å². The van der Waals surface area contributed by atoms with Gasteiger partial charge in [-0.1, -0.05) is 24.3 Å². The lowest BCUT2D eigenvalue weighted by molar-refractivity contribution is -0.138. The number of aromatic amines is 1. The number of carbonyl (C=O) groups is 1. The zero-order valence-corrected chi connectivity index (χ0v) is 19.4. The molecule has 9 heteroatoms. The summed E-state index contributed by atoms with van der Waals surface area (Å²) in [5.74, 6) is 1.14. The van der Waals surface area contributed by atoms with Crippen molar-refractivity contribution in [1.82, 2.24) is 15.0 Å². The first-order valence-corrected chi connectivity index (χ1v) is 11.9. The number of halogens is 3. The van der Waals surface area contributed by atoms with Crippen molar-refractivity contribution in [3.63, 3.8) is 0 Å². The van der Waals surface area contributed by atoms with Crippen LogP contribution in [0.1, 0.15) is 31.2 Å². The molecule has 0 amide bonds. The minimum Gasteiger partial charge on any atom is -0.481 e. The third-order valence-corrected chi connectivity index (χ3v) is 6.75. The fourth-order valence-electron chi connectivity index (χ4n) is 4.67. The van der Waals surface area contributed by atoms with Crippen LogP contribution in [0.2, 0.25) is 0 Å². The number of pyridine rings is 1. The first-order valence-electron chi connectivity index (χ1n) is 11.9. The Labute approximate surface area is 205 Å². The number of alkyl halides is 3. The van der Waals surface area contributed by atoms with E-state index < -0.39 is 17.7 Å². The van der Waals surface area contributed by atoms with Crippen LogP contribution in [0.25, 0.3) is 33.5 Å². The molecule has 2 aromatic carbocycles. The van der Waals surface area contributed by atoms with Gasteiger partial charge in [-0.15, -0.1) is 0 Å². The Balaban J connectivity index is 1.25. The maximum atomic E-state index is 13.0. The van der Waals surface area contributed by atoms with E-state index >= 15 is 0 Å². The highest BCUT2D eigenvalue weighted by Gasteiger charge is 2.30. The number of benzene rings is 2. The van der Waals surface area contributed by atoms with Gasteiger partial charge >= 0.3 is 12.1 Å². The minimum absolute atomic E-state index is 0.228. The Hall–Kier alpha value is -3.88. The number of hydrogen-bond donors (Lipinski definition) is 2. The fourth-order valence-corrected chi connectivity index (χ4v) is 4.67. The molecular weight excluding hydrogens is 469 g/mol. The van der Waals surface area contributed by atoms with E-state index in [0.29, 0.717) is 22.8 Å². The highest BCUT2D eigenvalue weighted by molar-refractivity contribution is 5.80. The molecule has 0 radical (unpaired) electrons. The molecule has 6 nitrogen and oxygen atoms in total. The monoisotopic (exact) mass is 494 g/mol. The summed E-state index contributed by atoms with van der Waals surface area (Å²) in [7, 11) is 0. The van der Waals surface area contributed by atoms with Crippen molar-refractivity contribution in [3.05, 3.63) is 66.4 Å². The van der Waals surface area contributed by atoms with Gasteiger partial charge in [0.1, 0.15) is 11.6 Å². The highest BCUT2D eigenvalue weighted by atomic mass is 19.4. The zero-order chi connectivity index (χ0) is 25.3. The Kier molecular flexibility index (Phi) is 6.38. The van der Waals surface area contributed by atoms with Gasteiger partial charge in [-0.2, -0.15) is 13.2 Å². The number of nitrogens with zero attached hydrogens (tertiary/aromatic N) is 3. The Morgan fingerprint density at radius 1 is 1.00 bits per heavy atom. The maximum absolute atomic E-state index is 13.0. The lowest BCUT2D eigenvalue weighted by Crippen LogP contribution is -2.34. The molecule has 1 aliphatic rings. The van der Waals surface area contributed by atoms with Crippen LogP contribution in [-0.2, 0) is 11.0 Å². The molecule has 1 aliphatic heterocycles. The zero-order valence-electron chi connectivity index (χ0n) is 19.4. The van der Waals surface area contributed by atoms with E-state index in [2.05, 4.69) is 19.9 Å². The van der Waals surface area contributed by atoms with Crippen LogP contribution in [0.3, 0.4) is 0 Å². The number of nitrogens with one attached hydrogen (secondary N) is 1. The number of piperidine rings is 1. The summed E-state index contributed by atoms with van der Waals surface area (Å²) in [6.45, 7) is 1.74. The van der Waals surface area contributed by atoms with Crippen molar-refractivity contribution >= 4 is 22.8 Å². The number of fused-ring (bicyclic) bond motifs is 1. The summed E-state index contributed by atoms with van der Waals surface area (Å²) in [5.41, 5.74) is 2.82. The van der Waals surface area contributed by atoms with Crippen LogP contribution in [0.15, 0.2) is 60.8 Å². The molecule has 0 bridgehead atoms. The fraction of sp³-hybridized carbons (Fsp3) is 0.296. The molecule has 0 saturated carbocycles. The first kappa shape index (κ1) is 23.8. The van der Waals surface area contributed by atoms with Gasteiger partial charge in [0, 0.05) is 36.8 Å². The quantitative estimate of drug-likeness (QED) is 0.325. The molecule has 0 atom stereocenters. The van der Waals surface area contributed by atoms with Gasteiger partial charge in [-0.3, -0.25) is 4.79 Å². The summed E-state index contributed by atoms with van der Waals surface area (Å²) in [5, 5.41) is 8.87. The number of imidazole rings is 1. The number of carboxylic acid groups (broad SMARTS) is 1. The number of hydrogen-bond acceptors (Lipinski definition) is 4. The lowest BCUT2D eigenvalue weighted by atomic mass is 9.92. The van der Waals surface area contributed by atoms with E-state index in [1.54, 1.807) is 0 Å². The van der Waals surface area contributed by atoms with Crippen molar-refractivity contribution < 1.29 is 23.1 Å². The van der Waals surface area contributed by atoms with Crippen LogP contribution in [-0.4, -0.2) is 39.1 Å². The second-order valence-electron chi connectivity index (χ2n) is 9.16. The predicted molar refractivity (Wildman–Crippen MR) is 132 cm³/mol. The normalized spacial score (nSPS) is 14.9. The molecule has 1 saturated heterocycles. The number of anilines is 1. The smallest absolute Gasteiger partial charge is 0.416 e. The summed E-state index contributed by atoms with van der Waals surface area (Å²) in [6, 6.07) is 15.1. The second kappa shape index (κ2) is 9.64. The second-order valence-corrected chi connectivity index (χ2v) is 9.16. The molecule has 36 heavy (non-hydrogen) atoms. The molecule has 4 aromatic rings. The molecular formula is C27H25F3N4O2. The van der Waals surface area contributed by atoms with Gasteiger partial charge < -0.3 is 15.0 Å². The van der Waals surface area contributed by atoms with Gasteiger partial charge in [0.25, 0.3) is 0 Å². The molecule has 0 spiro atoms. The molecule has 1 fully saturated rings. The SMILES string of the molecule is O=C(O)CCC1CCN(c2ccc(-c3ccc(-c4nc5ccc(C(F)(F)F)cc5[nH]4)cc3)cn2)CC1. The van der Waals surface area contributed by atoms with E-state index in [-0.39, 0.29) is 6.42 Å². The van der Waals surface area contributed by atoms with Crippen LogP contribution in [0.5, 0.6) is 0 Å². The summed E-state index contributed by atoms with van der Waals surface area (Å²) in [6.07, 6.45) is 0.332. The lowest BCUT2D eigenvalue weighted by Gasteiger charge is -2.32. The van der Waals surface area contributed by atoms with Crippen LogP contribution >= 0.6 is 0 Å². The van der Waals surface area contributed by atoms with Gasteiger partial charge in [0.05, 0.1) is 16.6 Å². The molecule has 3 heterocycles. The predicted octanol–water partition coefficient (Wildman–Crippen LogP) is 6.39. The minimum atomic E-state index is -4.40. The summed E-state index contributed by atoms with van der Waals surface area (Å²) >= 11 is 0. The third kappa shape index (κ3) is 5.19. The average Bonchev–Trinajstić information content (AvgIpc) is 3.31. The molecule has 0 unspecified atom stereocenters. The van der Waals surface area contributed by atoms with Crippen LogP contribution in [0.4, 0.5) is 19.0 Å². The van der Waals surface area contributed by atoms with E-state index in [1.165, 1.54) is 6.07 Å². The standard InChI is InChI=1S/C27H25F3N4O2/c28-27(29,30)21-7-8-22-23(15-21)33-26(32-22)19-4-2-18(3-5-19)20-6-9-24(31-16-20)34-13-11-17(12-14-34)1-10-25(35)36/h2-9,15-17H,1,10-14H2,(H,32,33)(H,35,36). The Bertz CT molecular complexity index is 1360. The molecule has 186 valence electrons. The van der Waals surface area contributed by atoms with Gasteiger partial charge in [-0.25, -0.2) is 9.97 Å². The largest absolute Gasteiger partial charge is 0.481 e. The highest BCUT2D eigenvalue weighted by Crippen LogP contribution is 2.32. The first-order chi connectivity index (χ1) is 17.3. The van der Waals surface area contributed by atoms with E-state index in [9.17, 15) is 18.0 Å². The number of rotatable bonds is 6. The molecule has 0 aliphatic carbocycles. The average molecular weight is 495 g/mol. The van der Waals surface area contributed by atoms with Gasteiger partial charge in [0.2, 0.25) is 0 Å².